The van der Waals surface area contributed by atoms with Gasteiger partial charge in [-0.05, 0) is 25.7 Å². The molecule has 0 aromatic rings. The number of carbonyl (C=O) groups is 2. The number of aliphatic hydroxyl groups excluding tert-OH is 1. The highest BCUT2D eigenvalue weighted by molar-refractivity contribution is 5.86. The molecule has 0 rings (SSSR count). The molecule has 0 aromatic carbocycles. The topological polar surface area (TPSA) is 104 Å². The minimum Gasteiger partial charge on any atom is -0.396 e. The fraction of sp³-hybridized carbons (Fsp3) is 0.818. The Hall–Kier alpha value is -1.30. The number of hydrogen-bond acceptors (Lipinski definition) is 3. The van der Waals surface area contributed by atoms with E-state index in [1.54, 1.807) is 6.92 Å². The van der Waals surface area contributed by atoms with Crippen molar-refractivity contribution >= 4 is 11.9 Å². The molecular formula is C11H23N3O3. The number of rotatable bonds is 7. The second-order valence-electron chi connectivity index (χ2n) is 4.61. The highest BCUT2D eigenvalue weighted by Crippen LogP contribution is 2.05. The van der Waals surface area contributed by atoms with Crippen molar-refractivity contribution in [1.29, 1.82) is 0 Å². The molecule has 100 valence electrons. The van der Waals surface area contributed by atoms with Crippen molar-refractivity contribution < 1.29 is 14.7 Å². The van der Waals surface area contributed by atoms with Gasteiger partial charge in [0.05, 0.1) is 0 Å². The van der Waals surface area contributed by atoms with Crippen LogP contribution in [0.1, 0.15) is 33.6 Å². The fourth-order valence-corrected chi connectivity index (χ4v) is 1.48. The molecule has 0 fully saturated rings. The summed E-state index contributed by atoms with van der Waals surface area (Å²) in [6, 6.07) is -1.45. The second-order valence-corrected chi connectivity index (χ2v) is 4.61. The maximum absolute atomic E-state index is 11.8. The Morgan fingerprint density at radius 2 is 1.82 bits per heavy atom. The number of hydrogen-bond donors (Lipinski definition) is 4. The van der Waals surface area contributed by atoms with Gasteiger partial charge >= 0.3 is 6.03 Å². The molecule has 0 bridgehead atoms. The van der Waals surface area contributed by atoms with Gasteiger partial charge in [-0.15, -0.1) is 0 Å². The lowest BCUT2D eigenvalue weighted by Gasteiger charge is -2.21. The van der Waals surface area contributed by atoms with Crippen molar-refractivity contribution in [3.63, 3.8) is 0 Å². The SMILES string of the molecule is CC(C)CC(NC(N)=O)C(=O)NC(C)CCO. The zero-order valence-electron chi connectivity index (χ0n) is 10.7. The predicted octanol–water partition coefficient (Wildman–Crippen LogP) is -0.0435. The molecule has 0 saturated heterocycles. The van der Waals surface area contributed by atoms with E-state index >= 15 is 0 Å². The van der Waals surface area contributed by atoms with Gasteiger partial charge in [0, 0.05) is 12.6 Å². The van der Waals surface area contributed by atoms with Crippen LogP contribution in [0.4, 0.5) is 4.79 Å². The minimum atomic E-state index is -0.708. The molecule has 0 aliphatic rings. The number of urea groups is 1. The number of primary amides is 1. The summed E-state index contributed by atoms with van der Waals surface area (Å²) in [5.41, 5.74) is 5.03. The summed E-state index contributed by atoms with van der Waals surface area (Å²) in [4.78, 5) is 22.6. The van der Waals surface area contributed by atoms with Crippen molar-refractivity contribution in [2.75, 3.05) is 6.61 Å². The smallest absolute Gasteiger partial charge is 0.312 e. The molecule has 2 unspecified atom stereocenters. The summed E-state index contributed by atoms with van der Waals surface area (Å²) < 4.78 is 0. The number of nitrogens with one attached hydrogen (secondary N) is 2. The molecule has 0 spiro atoms. The number of aliphatic hydroxyl groups is 1. The standard InChI is InChI=1S/C11H23N3O3/c1-7(2)6-9(14-11(12)17)10(16)13-8(3)4-5-15/h7-9,15H,4-6H2,1-3H3,(H,13,16)(H3,12,14,17). The second kappa shape index (κ2) is 7.89. The average molecular weight is 245 g/mol. The molecule has 6 nitrogen and oxygen atoms in total. The summed E-state index contributed by atoms with van der Waals surface area (Å²) >= 11 is 0. The third-order valence-electron chi connectivity index (χ3n) is 2.29. The quantitative estimate of drug-likeness (QED) is 0.505. The van der Waals surface area contributed by atoms with Crippen LogP contribution in [0.25, 0.3) is 0 Å². The fourth-order valence-electron chi connectivity index (χ4n) is 1.48. The van der Waals surface area contributed by atoms with Crippen LogP contribution in [-0.2, 0) is 4.79 Å². The van der Waals surface area contributed by atoms with Crippen molar-refractivity contribution in [2.24, 2.45) is 11.7 Å². The predicted molar refractivity (Wildman–Crippen MR) is 65.3 cm³/mol. The summed E-state index contributed by atoms with van der Waals surface area (Å²) in [6.45, 7) is 5.73. The summed E-state index contributed by atoms with van der Waals surface area (Å²) in [6.07, 6.45) is 1.01. The molecular weight excluding hydrogens is 222 g/mol. The Bertz CT molecular complexity index is 256. The van der Waals surface area contributed by atoms with E-state index < -0.39 is 12.1 Å². The van der Waals surface area contributed by atoms with Gasteiger partial charge < -0.3 is 21.5 Å². The third kappa shape index (κ3) is 7.57. The number of amides is 3. The van der Waals surface area contributed by atoms with E-state index in [1.807, 2.05) is 13.8 Å². The largest absolute Gasteiger partial charge is 0.396 e. The van der Waals surface area contributed by atoms with Crippen LogP contribution in [0.15, 0.2) is 0 Å². The maximum Gasteiger partial charge on any atom is 0.312 e. The Kier molecular flexibility index (Phi) is 7.29. The van der Waals surface area contributed by atoms with Crippen molar-refractivity contribution in [1.82, 2.24) is 10.6 Å². The molecule has 0 aliphatic carbocycles. The van der Waals surface area contributed by atoms with Gasteiger partial charge in [-0.1, -0.05) is 13.8 Å². The lowest BCUT2D eigenvalue weighted by atomic mass is 10.0. The number of carbonyl (C=O) groups excluding carboxylic acids is 2. The van der Waals surface area contributed by atoms with Gasteiger partial charge in [0.2, 0.25) is 5.91 Å². The van der Waals surface area contributed by atoms with Gasteiger partial charge in [-0.2, -0.15) is 0 Å². The van der Waals surface area contributed by atoms with Crippen molar-refractivity contribution in [3.8, 4) is 0 Å². The maximum atomic E-state index is 11.8. The van der Waals surface area contributed by atoms with Gasteiger partial charge in [0.25, 0.3) is 0 Å². The van der Waals surface area contributed by atoms with Gasteiger partial charge in [0.1, 0.15) is 6.04 Å². The lowest BCUT2D eigenvalue weighted by molar-refractivity contribution is -0.124. The third-order valence-corrected chi connectivity index (χ3v) is 2.29. The highest BCUT2D eigenvalue weighted by Gasteiger charge is 2.21. The molecule has 3 amide bonds. The van der Waals surface area contributed by atoms with E-state index in [0.717, 1.165) is 0 Å². The zero-order chi connectivity index (χ0) is 13.4. The Balaban J connectivity index is 4.35. The van der Waals surface area contributed by atoms with Crippen molar-refractivity contribution in [3.05, 3.63) is 0 Å². The number of nitrogens with two attached hydrogens (primary N) is 1. The van der Waals surface area contributed by atoms with Crippen molar-refractivity contribution in [2.45, 2.75) is 45.7 Å². The van der Waals surface area contributed by atoms with Gasteiger partial charge in [-0.3, -0.25) is 4.79 Å². The Morgan fingerprint density at radius 1 is 1.24 bits per heavy atom. The van der Waals surface area contributed by atoms with Gasteiger partial charge in [0.15, 0.2) is 0 Å². The van der Waals surface area contributed by atoms with E-state index in [9.17, 15) is 9.59 Å². The first kappa shape index (κ1) is 15.7. The van der Waals surface area contributed by atoms with Crippen LogP contribution in [0, 0.1) is 5.92 Å². The molecule has 0 heterocycles. The van der Waals surface area contributed by atoms with Crippen LogP contribution in [-0.4, -0.2) is 35.7 Å². The summed E-state index contributed by atoms with van der Waals surface area (Å²) in [7, 11) is 0. The normalized spacial score (nSPS) is 14.2. The summed E-state index contributed by atoms with van der Waals surface area (Å²) in [5, 5.41) is 13.9. The molecule has 5 N–H and O–H groups in total. The molecule has 0 radical (unpaired) electrons. The molecule has 17 heavy (non-hydrogen) atoms. The first-order chi connectivity index (χ1) is 7.86. The van der Waals surface area contributed by atoms with E-state index in [0.29, 0.717) is 12.8 Å². The monoisotopic (exact) mass is 245 g/mol. The van der Waals surface area contributed by atoms with Crippen LogP contribution >= 0.6 is 0 Å². The van der Waals surface area contributed by atoms with Crippen LogP contribution in [0.5, 0.6) is 0 Å². The van der Waals surface area contributed by atoms with E-state index in [4.69, 9.17) is 10.8 Å². The van der Waals surface area contributed by atoms with E-state index in [1.165, 1.54) is 0 Å². The zero-order valence-corrected chi connectivity index (χ0v) is 10.7. The Morgan fingerprint density at radius 3 is 2.24 bits per heavy atom. The minimum absolute atomic E-state index is 0.0134. The average Bonchev–Trinajstić information content (AvgIpc) is 2.15. The molecule has 0 aliphatic heterocycles. The molecule has 6 heteroatoms. The van der Waals surface area contributed by atoms with Gasteiger partial charge in [-0.25, -0.2) is 4.79 Å². The molecule has 0 saturated carbocycles. The summed E-state index contributed by atoms with van der Waals surface area (Å²) in [5.74, 6) is 0.00389. The lowest BCUT2D eigenvalue weighted by Crippen LogP contribution is -2.51. The van der Waals surface area contributed by atoms with Crippen LogP contribution in [0.2, 0.25) is 0 Å². The molecule has 2 atom stereocenters. The van der Waals surface area contributed by atoms with Crippen LogP contribution in [0.3, 0.4) is 0 Å². The van der Waals surface area contributed by atoms with E-state index in [-0.39, 0.29) is 24.5 Å². The highest BCUT2D eigenvalue weighted by atomic mass is 16.3. The van der Waals surface area contributed by atoms with Crippen LogP contribution < -0.4 is 16.4 Å². The first-order valence-corrected chi connectivity index (χ1v) is 5.84. The first-order valence-electron chi connectivity index (χ1n) is 5.84. The Labute approximate surface area is 102 Å². The molecule has 0 aromatic heterocycles. The van der Waals surface area contributed by atoms with E-state index in [2.05, 4.69) is 10.6 Å².